The van der Waals surface area contributed by atoms with Gasteiger partial charge in [-0.1, -0.05) is 42.0 Å². The molecule has 4 aliphatic rings. The minimum absolute atomic E-state index is 0.124. The Hall–Kier alpha value is -2.08. The maximum absolute atomic E-state index is 13.0. The van der Waals surface area contributed by atoms with Crippen molar-refractivity contribution in [2.24, 2.45) is 23.7 Å². The summed E-state index contributed by atoms with van der Waals surface area (Å²) in [4.78, 5) is 12.6. The van der Waals surface area contributed by atoms with Gasteiger partial charge < -0.3 is 4.74 Å². The summed E-state index contributed by atoms with van der Waals surface area (Å²) in [5.41, 5.74) is 0.968. The third-order valence-electron chi connectivity index (χ3n) is 6.09. The number of ether oxygens (including phenoxy) is 1. The van der Waals surface area contributed by atoms with Crippen LogP contribution in [0.4, 0.5) is 4.79 Å². The molecule has 0 spiro atoms. The second-order valence-corrected chi connectivity index (χ2v) is 9.26. The molecule has 1 saturated carbocycles. The molecule has 1 heterocycles. The Morgan fingerprint density at radius 1 is 1.04 bits per heavy atom. The average Bonchev–Trinajstić information content (AvgIpc) is 3.26. The summed E-state index contributed by atoms with van der Waals surface area (Å²) in [7, 11) is -3.93. The molecule has 130 valence electrons. The van der Waals surface area contributed by atoms with E-state index in [1.165, 1.54) is 0 Å². The van der Waals surface area contributed by atoms with E-state index in [9.17, 15) is 13.2 Å². The summed E-state index contributed by atoms with van der Waals surface area (Å²) in [6.45, 7) is 1.89. The molecule has 1 aromatic carbocycles. The number of rotatable bonds is 2. The van der Waals surface area contributed by atoms with Gasteiger partial charge in [0, 0.05) is 5.92 Å². The third kappa shape index (κ3) is 2.00. The molecule has 1 amide bonds. The monoisotopic (exact) mass is 357 g/mol. The molecular formula is C19H19NO4S. The van der Waals surface area contributed by atoms with Crippen LogP contribution in [0.1, 0.15) is 12.0 Å². The summed E-state index contributed by atoms with van der Waals surface area (Å²) >= 11 is 0. The SMILES string of the molecule is Cc1ccc(S(=O)(=O)N2C(=O)O[C@@H]3[C@H]4[C@@H](C=C[C@@H]32)[C@H]2C=C[C@@H]4C2)cc1. The number of hydrogen-bond acceptors (Lipinski definition) is 4. The third-order valence-corrected chi connectivity index (χ3v) is 7.87. The first kappa shape index (κ1) is 15.2. The van der Waals surface area contributed by atoms with Gasteiger partial charge in [-0.2, -0.15) is 4.31 Å². The molecule has 1 saturated heterocycles. The van der Waals surface area contributed by atoms with E-state index in [-0.39, 0.29) is 16.9 Å². The minimum Gasteiger partial charge on any atom is -0.442 e. The lowest BCUT2D eigenvalue weighted by molar-refractivity contribution is 0.0682. The van der Waals surface area contributed by atoms with Gasteiger partial charge >= 0.3 is 6.09 Å². The van der Waals surface area contributed by atoms with E-state index in [0.29, 0.717) is 17.8 Å². The lowest BCUT2D eigenvalue weighted by Gasteiger charge is -2.36. The zero-order valence-corrected chi connectivity index (χ0v) is 14.6. The van der Waals surface area contributed by atoms with Gasteiger partial charge in [0.25, 0.3) is 10.0 Å². The van der Waals surface area contributed by atoms with Crippen molar-refractivity contribution in [1.82, 2.24) is 4.31 Å². The van der Waals surface area contributed by atoms with Crippen molar-refractivity contribution in [2.45, 2.75) is 30.4 Å². The Bertz CT molecular complexity index is 902. The number of carbonyl (C=O) groups is 1. The summed E-state index contributed by atoms with van der Waals surface area (Å²) < 4.78 is 32.6. The Morgan fingerprint density at radius 2 is 1.76 bits per heavy atom. The zero-order valence-electron chi connectivity index (χ0n) is 13.8. The van der Waals surface area contributed by atoms with Crippen molar-refractivity contribution in [2.75, 3.05) is 0 Å². The maximum atomic E-state index is 13.0. The second-order valence-electron chi connectivity index (χ2n) is 7.44. The van der Waals surface area contributed by atoms with Gasteiger partial charge in [-0.25, -0.2) is 13.2 Å². The number of carbonyl (C=O) groups excluding carboxylic acids is 1. The molecule has 1 aliphatic heterocycles. The van der Waals surface area contributed by atoms with Crippen molar-refractivity contribution in [3.63, 3.8) is 0 Å². The highest BCUT2D eigenvalue weighted by Gasteiger charge is 2.58. The van der Waals surface area contributed by atoms with Gasteiger partial charge in [0.2, 0.25) is 0 Å². The number of sulfonamides is 1. The van der Waals surface area contributed by atoms with Gasteiger partial charge in [-0.15, -0.1) is 0 Å². The fourth-order valence-corrected chi connectivity index (χ4v) is 6.40. The molecule has 1 aromatic rings. The summed E-state index contributed by atoms with van der Waals surface area (Å²) in [6, 6.07) is 6.01. The maximum Gasteiger partial charge on any atom is 0.424 e. The molecule has 0 aromatic heterocycles. The Morgan fingerprint density at radius 3 is 2.52 bits per heavy atom. The second kappa shape index (κ2) is 4.97. The van der Waals surface area contributed by atoms with Crippen LogP contribution in [0, 0.1) is 30.6 Å². The average molecular weight is 357 g/mol. The Balaban J connectivity index is 1.53. The first-order chi connectivity index (χ1) is 12.0. The fourth-order valence-electron chi connectivity index (χ4n) is 4.94. The predicted octanol–water partition coefficient (Wildman–Crippen LogP) is 2.88. The fraction of sp³-hybridized carbons (Fsp3) is 0.421. The van der Waals surface area contributed by atoms with Crippen LogP contribution in [0.2, 0.25) is 0 Å². The molecule has 5 nitrogen and oxygen atoms in total. The van der Waals surface area contributed by atoms with Crippen LogP contribution in [0.25, 0.3) is 0 Å². The van der Waals surface area contributed by atoms with E-state index in [2.05, 4.69) is 18.2 Å². The summed E-state index contributed by atoms with van der Waals surface area (Å²) in [5.74, 6) is 1.41. The van der Waals surface area contributed by atoms with Crippen molar-refractivity contribution < 1.29 is 17.9 Å². The number of hydrogen-bond donors (Lipinski definition) is 0. The molecule has 25 heavy (non-hydrogen) atoms. The first-order valence-corrected chi connectivity index (χ1v) is 10.1. The van der Waals surface area contributed by atoms with Crippen LogP contribution in [-0.2, 0) is 14.8 Å². The summed E-state index contributed by atoms with van der Waals surface area (Å²) in [6.07, 6.45) is 8.33. The molecule has 2 fully saturated rings. The standard InChI is InChI=1S/C19H19NO4S/c1-11-2-6-14(7-3-11)25(22,23)20-16-9-8-15-12-4-5-13(10-12)17(15)18(16)24-19(20)21/h2-9,12-13,15-18H,10H2,1H3/t12-,13+,15-,16-,17+,18-/m0/s1. The van der Waals surface area contributed by atoms with E-state index in [4.69, 9.17) is 4.74 Å². The first-order valence-electron chi connectivity index (χ1n) is 8.65. The van der Waals surface area contributed by atoms with E-state index in [0.717, 1.165) is 16.3 Å². The molecule has 6 heteroatoms. The smallest absolute Gasteiger partial charge is 0.424 e. The quantitative estimate of drug-likeness (QED) is 0.764. The number of nitrogens with zero attached hydrogens (tertiary/aromatic N) is 1. The number of amides is 1. The molecule has 0 N–H and O–H groups in total. The molecule has 3 aliphatic carbocycles. The van der Waals surface area contributed by atoms with E-state index >= 15 is 0 Å². The van der Waals surface area contributed by atoms with Crippen LogP contribution in [0.15, 0.2) is 53.5 Å². The molecule has 0 radical (unpaired) electrons. The molecule has 0 unspecified atom stereocenters. The van der Waals surface area contributed by atoms with Gasteiger partial charge in [-0.3, -0.25) is 0 Å². The lowest BCUT2D eigenvalue weighted by Crippen LogP contribution is -2.46. The molecular weight excluding hydrogens is 338 g/mol. The van der Waals surface area contributed by atoms with Crippen LogP contribution in [0.3, 0.4) is 0 Å². The van der Waals surface area contributed by atoms with E-state index in [1.807, 2.05) is 13.0 Å². The number of benzene rings is 1. The molecule has 2 bridgehead atoms. The van der Waals surface area contributed by atoms with Gasteiger partial charge in [0.1, 0.15) is 12.1 Å². The topological polar surface area (TPSA) is 63.7 Å². The van der Waals surface area contributed by atoms with Crippen molar-refractivity contribution >= 4 is 16.1 Å². The number of aryl methyl sites for hydroxylation is 1. The van der Waals surface area contributed by atoms with Crippen LogP contribution >= 0.6 is 0 Å². The van der Waals surface area contributed by atoms with Crippen LogP contribution in [0.5, 0.6) is 0 Å². The van der Waals surface area contributed by atoms with Gasteiger partial charge in [-0.05, 0) is 43.2 Å². The molecule has 6 atom stereocenters. The Labute approximate surface area is 147 Å². The normalized spacial score (nSPS) is 38.0. The predicted molar refractivity (Wildman–Crippen MR) is 91.1 cm³/mol. The van der Waals surface area contributed by atoms with E-state index in [1.54, 1.807) is 24.3 Å². The largest absolute Gasteiger partial charge is 0.442 e. The highest BCUT2D eigenvalue weighted by atomic mass is 32.2. The van der Waals surface area contributed by atoms with E-state index < -0.39 is 22.2 Å². The number of fused-ring (bicyclic) bond motifs is 7. The minimum atomic E-state index is -3.93. The van der Waals surface area contributed by atoms with Gasteiger partial charge in [0.15, 0.2) is 0 Å². The zero-order chi connectivity index (χ0) is 17.3. The Kier molecular flexibility index (Phi) is 3.02. The highest BCUT2D eigenvalue weighted by molar-refractivity contribution is 7.89. The summed E-state index contributed by atoms with van der Waals surface area (Å²) in [5, 5.41) is 0. The van der Waals surface area contributed by atoms with Crippen molar-refractivity contribution in [1.29, 1.82) is 0 Å². The lowest BCUT2D eigenvalue weighted by atomic mass is 9.74. The van der Waals surface area contributed by atoms with Crippen molar-refractivity contribution in [3.8, 4) is 0 Å². The van der Waals surface area contributed by atoms with Gasteiger partial charge in [0.05, 0.1) is 4.90 Å². The van der Waals surface area contributed by atoms with Crippen LogP contribution < -0.4 is 0 Å². The number of allylic oxidation sites excluding steroid dienone is 3. The van der Waals surface area contributed by atoms with Crippen LogP contribution in [-0.4, -0.2) is 31.0 Å². The molecule has 5 rings (SSSR count). The van der Waals surface area contributed by atoms with Crippen molar-refractivity contribution in [3.05, 3.63) is 54.1 Å². The highest BCUT2D eigenvalue weighted by Crippen LogP contribution is 2.54.